The van der Waals surface area contributed by atoms with E-state index >= 15 is 0 Å². The van der Waals surface area contributed by atoms with Crippen molar-refractivity contribution in [3.05, 3.63) is 59.6 Å². The van der Waals surface area contributed by atoms with Crippen molar-refractivity contribution >= 4 is 33.2 Å². The predicted molar refractivity (Wildman–Crippen MR) is 116 cm³/mol. The predicted octanol–water partition coefficient (Wildman–Crippen LogP) is 3.14. The summed E-state index contributed by atoms with van der Waals surface area (Å²) in [5.41, 5.74) is 1.12. The Kier molecular flexibility index (Phi) is 7.16. The number of nitrogens with one attached hydrogen (secondary N) is 1. The zero-order chi connectivity index (χ0) is 20.9. The molecule has 0 aromatic heterocycles. The fraction of sp³-hybridized carbons (Fsp3) is 0.381. The van der Waals surface area contributed by atoms with Gasteiger partial charge in [-0.3, -0.25) is 4.79 Å². The molecule has 0 bridgehead atoms. The summed E-state index contributed by atoms with van der Waals surface area (Å²) in [5.74, 6) is -0.234. The van der Waals surface area contributed by atoms with Gasteiger partial charge in [0.05, 0.1) is 4.90 Å². The standard InChI is InChI=1S/C21H26ClN3O3S/c1-24(18-7-3-2-4-8-18)15-6-14-23-21(26)20-9-5-16-25(20)29(27,28)19-12-10-17(22)11-13-19/h2-4,7-8,10-13,20H,5-6,9,14-16H2,1H3,(H,23,26)/t20-/m1/s1. The third-order valence-corrected chi connectivity index (χ3v) is 7.27. The number of rotatable bonds is 8. The van der Waals surface area contributed by atoms with Gasteiger partial charge < -0.3 is 10.2 Å². The van der Waals surface area contributed by atoms with Gasteiger partial charge in [0.25, 0.3) is 0 Å². The van der Waals surface area contributed by atoms with Crippen molar-refractivity contribution in [2.24, 2.45) is 0 Å². The Morgan fingerprint density at radius 2 is 1.86 bits per heavy atom. The molecule has 1 amide bonds. The summed E-state index contributed by atoms with van der Waals surface area (Å²) in [6.07, 6.45) is 1.97. The number of halogens is 1. The molecule has 0 unspecified atom stereocenters. The monoisotopic (exact) mass is 435 g/mol. The number of nitrogens with zero attached hydrogens (tertiary/aromatic N) is 2. The number of anilines is 1. The first-order valence-corrected chi connectivity index (χ1v) is 11.5. The van der Waals surface area contributed by atoms with Gasteiger partial charge in [-0.2, -0.15) is 4.31 Å². The van der Waals surface area contributed by atoms with Gasteiger partial charge in [0.15, 0.2) is 0 Å². The van der Waals surface area contributed by atoms with Crippen molar-refractivity contribution in [2.75, 3.05) is 31.6 Å². The number of carbonyl (C=O) groups is 1. The quantitative estimate of drug-likeness (QED) is 0.647. The van der Waals surface area contributed by atoms with Crippen LogP contribution in [0.4, 0.5) is 5.69 Å². The molecule has 8 heteroatoms. The Labute approximate surface area is 177 Å². The third-order valence-electron chi connectivity index (χ3n) is 5.09. The minimum Gasteiger partial charge on any atom is -0.375 e. The second-order valence-electron chi connectivity index (χ2n) is 7.13. The molecule has 156 valence electrons. The summed E-state index contributed by atoms with van der Waals surface area (Å²) < 4.78 is 27.2. The van der Waals surface area contributed by atoms with E-state index in [9.17, 15) is 13.2 Å². The van der Waals surface area contributed by atoms with E-state index in [0.717, 1.165) is 18.7 Å². The Morgan fingerprint density at radius 1 is 1.17 bits per heavy atom. The molecule has 1 aliphatic heterocycles. The first-order valence-electron chi connectivity index (χ1n) is 9.71. The molecule has 0 saturated carbocycles. The van der Waals surface area contributed by atoms with Crippen LogP contribution in [0.1, 0.15) is 19.3 Å². The third kappa shape index (κ3) is 5.29. The van der Waals surface area contributed by atoms with Gasteiger partial charge in [0.1, 0.15) is 6.04 Å². The lowest BCUT2D eigenvalue weighted by Gasteiger charge is -2.24. The van der Waals surface area contributed by atoms with Crippen LogP contribution in [0.5, 0.6) is 0 Å². The van der Waals surface area contributed by atoms with Crippen LogP contribution >= 0.6 is 11.6 Å². The first-order chi connectivity index (χ1) is 13.9. The number of benzene rings is 2. The Balaban J connectivity index is 1.54. The zero-order valence-electron chi connectivity index (χ0n) is 16.4. The van der Waals surface area contributed by atoms with E-state index in [1.165, 1.54) is 16.4 Å². The van der Waals surface area contributed by atoms with Crippen LogP contribution in [-0.2, 0) is 14.8 Å². The fourth-order valence-corrected chi connectivity index (χ4v) is 5.27. The van der Waals surface area contributed by atoms with Crippen molar-refractivity contribution in [1.82, 2.24) is 9.62 Å². The van der Waals surface area contributed by atoms with Gasteiger partial charge >= 0.3 is 0 Å². The normalized spacial score (nSPS) is 17.2. The molecule has 0 aliphatic carbocycles. The van der Waals surface area contributed by atoms with E-state index < -0.39 is 16.1 Å². The van der Waals surface area contributed by atoms with Gasteiger partial charge in [-0.25, -0.2) is 8.42 Å². The Hall–Kier alpha value is -2.09. The number of sulfonamides is 1. The molecule has 2 aromatic rings. The van der Waals surface area contributed by atoms with E-state index in [4.69, 9.17) is 11.6 Å². The fourth-order valence-electron chi connectivity index (χ4n) is 3.49. The minimum atomic E-state index is -3.72. The number of amides is 1. The number of hydrogen-bond donors (Lipinski definition) is 1. The van der Waals surface area contributed by atoms with Crippen molar-refractivity contribution in [1.29, 1.82) is 0 Å². The number of carbonyl (C=O) groups excluding carboxylic acids is 1. The molecule has 29 heavy (non-hydrogen) atoms. The average Bonchev–Trinajstić information content (AvgIpc) is 3.23. The molecular weight excluding hydrogens is 410 g/mol. The Morgan fingerprint density at radius 3 is 2.55 bits per heavy atom. The van der Waals surface area contributed by atoms with Crippen LogP contribution < -0.4 is 10.2 Å². The van der Waals surface area contributed by atoms with Crippen LogP contribution in [0, 0.1) is 0 Å². The maximum absolute atomic E-state index is 12.9. The molecule has 3 rings (SSSR count). The summed E-state index contributed by atoms with van der Waals surface area (Å²) in [6, 6.07) is 15.4. The van der Waals surface area contributed by atoms with Gasteiger partial charge in [-0.1, -0.05) is 29.8 Å². The topological polar surface area (TPSA) is 69.7 Å². The van der Waals surface area contributed by atoms with Crippen LogP contribution in [-0.4, -0.2) is 51.4 Å². The molecule has 1 N–H and O–H groups in total. The highest BCUT2D eigenvalue weighted by Gasteiger charge is 2.39. The van der Waals surface area contributed by atoms with Crippen LogP contribution in [0.15, 0.2) is 59.5 Å². The molecule has 0 radical (unpaired) electrons. The lowest BCUT2D eigenvalue weighted by molar-refractivity contribution is -0.124. The molecule has 1 saturated heterocycles. The first kappa shape index (κ1) is 21.6. The molecule has 6 nitrogen and oxygen atoms in total. The van der Waals surface area contributed by atoms with Gasteiger partial charge in [-0.05, 0) is 55.7 Å². The molecule has 1 fully saturated rings. The summed E-state index contributed by atoms with van der Waals surface area (Å²) in [7, 11) is -1.72. The van der Waals surface area contributed by atoms with Crippen molar-refractivity contribution < 1.29 is 13.2 Å². The minimum absolute atomic E-state index is 0.158. The SMILES string of the molecule is CN(CCCNC(=O)[C@H]1CCCN1S(=O)(=O)c1ccc(Cl)cc1)c1ccccc1. The maximum Gasteiger partial charge on any atom is 0.243 e. The van der Waals surface area contributed by atoms with Gasteiger partial charge in [-0.15, -0.1) is 0 Å². The molecule has 2 aromatic carbocycles. The van der Waals surface area contributed by atoms with Gasteiger partial charge in [0, 0.05) is 37.4 Å². The second-order valence-corrected chi connectivity index (χ2v) is 9.46. The van der Waals surface area contributed by atoms with E-state index in [1.807, 2.05) is 37.4 Å². The van der Waals surface area contributed by atoms with E-state index in [1.54, 1.807) is 12.1 Å². The lowest BCUT2D eigenvalue weighted by Crippen LogP contribution is -2.46. The van der Waals surface area contributed by atoms with Crippen LogP contribution in [0.25, 0.3) is 0 Å². The van der Waals surface area contributed by atoms with Crippen LogP contribution in [0.2, 0.25) is 5.02 Å². The largest absolute Gasteiger partial charge is 0.375 e. The Bertz CT molecular complexity index is 920. The van der Waals surface area contributed by atoms with Crippen molar-refractivity contribution in [3.8, 4) is 0 Å². The number of para-hydroxylation sites is 1. The van der Waals surface area contributed by atoms with Crippen molar-refractivity contribution in [3.63, 3.8) is 0 Å². The van der Waals surface area contributed by atoms with Gasteiger partial charge in [0.2, 0.25) is 15.9 Å². The summed E-state index contributed by atoms with van der Waals surface area (Å²) in [6.45, 7) is 1.64. The van der Waals surface area contributed by atoms with Crippen LogP contribution in [0.3, 0.4) is 0 Å². The highest BCUT2D eigenvalue weighted by molar-refractivity contribution is 7.89. The molecule has 1 heterocycles. The molecular formula is C21H26ClN3O3S. The molecule has 1 atom stereocenters. The molecule has 1 aliphatic rings. The highest BCUT2D eigenvalue weighted by Crippen LogP contribution is 2.27. The lowest BCUT2D eigenvalue weighted by atomic mass is 10.2. The van der Waals surface area contributed by atoms with E-state index in [-0.39, 0.29) is 10.8 Å². The van der Waals surface area contributed by atoms with Crippen molar-refractivity contribution in [2.45, 2.75) is 30.2 Å². The highest BCUT2D eigenvalue weighted by atomic mass is 35.5. The summed E-state index contributed by atoms with van der Waals surface area (Å²) in [5, 5.41) is 3.37. The average molecular weight is 436 g/mol. The van der Waals surface area contributed by atoms with E-state index in [0.29, 0.717) is 31.0 Å². The molecule has 0 spiro atoms. The number of hydrogen-bond acceptors (Lipinski definition) is 4. The smallest absolute Gasteiger partial charge is 0.243 e. The maximum atomic E-state index is 12.9. The zero-order valence-corrected chi connectivity index (χ0v) is 18.0. The summed E-state index contributed by atoms with van der Waals surface area (Å²) >= 11 is 5.86. The van der Waals surface area contributed by atoms with E-state index in [2.05, 4.69) is 10.2 Å². The second kappa shape index (κ2) is 9.61. The summed E-state index contributed by atoms with van der Waals surface area (Å²) in [4.78, 5) is 14.9.